The second-order valence-corrected chi connectivity index (χ2v) is 4.30. The first kappa shape index (κ1) is 14.2. The molecule has 0 radical (unpaired) electrons. The summed E-state index contributed by atoms with van der Waals surface area (Å²) < 4.78 is 0. The highest BCUT2D eigenvalue weighted by Gasteiger charge is 2.10. The summed E-state index contributed by atoms with van der Waals surface area (Å²) in [4.78, 5) is 23.5. The van der Waals surface area contributed by atoms with Crippen LogP contribution in [-0.2, 0) is 16.0 Å². The molecule has 0 atom stereocenters. The third-order valence-corrected chi connectivity index (χ3v) is 2.78. The molecule has 98 valence electrons. The molecule has 1 N–H and O–H groups in total. The zero-order valence-electron chi connectivity index (χ0n) is 10.6. The Kier molecular flexibility index (Phi) is 5.91. The van der Waals surface area contributed by atoms with Crippen molar-refractivity contribution in [3.05, 3.63) is 35.9 Å². The van der Waals surface area contributed by atoms with Gasteiger partial charge in [0.25, 0.3) is 0 Å². The number of hydrogen-bond acceptors (Lipinski definition) is 2. The number of carboxylic acids is 1. The fourth-order valence-corrected chi connectivity index (χ4v) is 1.69. The van der Waals surface area contributed by atoms with E-state index in [2.05, 4.69) is 12.1 Å². The van der Waals surface area contributed by atoms with Crippen molar-refractivity contribution in [3.63, 3.8) is 0 Å². The third-order valence-electron chi connectivity index (χ3n) is 2.78. The molecule has 0 bridgehead atoms. The first-order valence-electron chi connectivity index (χ1n) is 6.09. The zero-order valence-corrected chi connectivity index (χ0v) is 10.6. The summed E-state index contributed by atoms with van der Waals surface area (Å²) in [7, 11) is 1.72. The number of carbonyl (C=O) groups is 2. The molecule has 1 rings (SSSR count). The van der Waals surface area contributed by atoms with Gasteiger partial charge in [-0.1, -0.05) is 30.3 Å². The van der Waals surface area contributed by atoms with Crippen LogP contribution >= 0.6 is 0 Å². The molecule has 1 aromatic rings. The number of aryl methyl sites for hydroxylation is 1. The van der Waals surface area contributed by atoms with Crippen molar-refractivity contribution in [3.8, 4) is 0 Å². The Morgan fingerprint density at radius 2 is 1.83 bits per heavy atom. The molecule has 0 spiro atoms. The van der Waals surface area contributed by atoms with E-state index in [-0.39, 0.29) is 18.7 Å². The van der Waals surface area contributed by atoms with Crippen molar-refractivity contribution < 1.29 is 14.7 Å². The number of nitrogens with zero attached hydrogens (tertiary/aromatic N) is 1. The quantitative estimate of drug-likeness (QED) is 0.803. The molecule has 4 nitrogen and oxygen atoms in total. The Bertz CT molecular complexity index is 389. The number of benzene rings is 1. The Balaban J connectivity index is 2.22. The number of amides is 1. The Hall–Kier alpha value is -1.84. The molecule has 1 aromatic carbocycles. The molecule has 18 heavy (non-hydrogen) atoms. The average Bonchev–Trinajstić information content (AvgIpc) is 2.37. The van der Waals surface area contributed by atoms with Gasteiger partial charge in [-0.25, -0.2) is 0 Å². The van der Waals surface area contributed by atoms with Gasteiger partial charge in [0.1, 0.15) is 0 Å². The van der Waals surface area contributed by atoms with Gasteiger partial charge in [-0.3, -0.25) is 9.59 Å². The van der Waals surface area contributed by atoms with Gasteiger partial charge < -0.3 is 10.0 Å². The molecule has 1 amide bonds. The van der Waals surface area contributed by atoms with E-state index in [1.807, 2.05) is 18.2 Å². The van der Waals surface area contributed by atoms with Crippen LogP contribution in [0.1, 0.15) is 24.8 Å². The predicted molar refractivity (Wildman–Crippen MR) is 69.3 cm³/mol. The minimum atomic E-state index is -0.930. The van der Waals surface area contributed by atoms with Crippen molar-refractivity contribution in [1.82, 2.24) is 4.90 Å². The smallest absolute Gasteiger partial charge is 0.303 e. The van der Waals surface area contributed by atoms with Crippen LogP contribution in [0.2, 0.25) is 0 Å². The molecule has 0 aromatic heterocycles. The second-order valence-electron chi connectivity index (χ2n) is 4.30. The summed E-state index contributed by atoms with van der Waals surface area (Å²) in [6.07, 6.45) is 1.80. The van der Waals surface area contributed by atoms with Gasteiger partial charge in [-0.2, -0.15) is 0 Å². The first-order valence-corrected chi connectivity index (χ1v) is 6.09. The van der Waals surface area contributed by atoms with Crippen molar-refractivity contribution in [2.45, 2.75) is 25.7 Å². The van der Waals surface area contributed by atoms with Crippen LogP contribution in [0, 0.1) is 0 Å². The Morgan fingerprint density at radius 3 is 2.44 bits per heavy atom. The van der Waals surface area contributed by atoms with Crippen LogP contribution in [0.5, 0.6) is 0 Å². The highest BCUT2D eigenvalue weighted by atomic mass is 16.4. The lowest BCUT2D eigenvalue weighted by molar-refractivity contribution is -0.140. The van der Waals surface area contributed by atoms with Gasteiger partial charge in [0.15, 0.2) is 0 Å². The van der Waals surface area contributed by atoms with E-state index in [0.717, 1.165) is 12.8 Å². The summed E-state index contributed by atoms with van der Waals surface area (Å²) in [5, 5.41) is 8.50. The van der Waals surface area contributed by atoms with E-state index in [9.17, 15) is 9.59 Å². The highest BCUT2D eigenvalue weighted by molar-refractivity contribution is 5.80. The number of aliphatic carboxylic acids is 1. The molecule has 0 aliphatic carbocycles. The van der Waals surface area contributed by atoms with E-state index in [4.69, 9.17) is 5.11 Å². The maximum atomic E-state index is 11.6. The lowest BCUT2D eigenvalue weighted by Gasteiger charge is -2.16. The van der Waals surface area contributed by atoms with Gasteiger partial charge in [0, 0.05) is 20.0 Å². The molecule has 0 saturated heterocycles. The summed E-state index contributed by atoms with van der Waals surface area (Å²) >= 11 is 0. The normalized spacial score (nSPS) is 10.1. The summed E-state index contributed by atoms with van der Waals surface area (Å²) in [6, 6.07) is 10.1. The second kappa shape index (κ2) is 7.48. The van der Waals surface area contributed by atoms with Gasteiger partial charge in [0.2, 0.25) is 5.91 Å². The standard InChI is InChI=1S/C14H19NO3/c1-15(13(16)9-10-14(17)18)11-5-8-12-6-3-2-4-7-12/h2-4,6-7H,5,8-11H2,1H3,(H,17,18). The summed E-state index contributed by atoms with van der Waals surface area (Å²) in [5.41, 5.74) is 1.25. The maximum Gasteiger partial charge on any atom is 0.303 e. The lowest BCUT2D eigenvalue weighted by Crippen LogP contribution is -2.28. The lowest BCUT2D eigenvalue weighted by atomic mass is 10.1. The minimum Gasteiger partial charge on any atom is -0.481 e. The summed E-state index contributed by atoms with van der Waals surface area (Å²) in [6.45, 7) is 0.660. The Morgan fingerprint density at radius 1 is 1.17 bits per heavy atom. The zero-order chi connectivity index (χ0) is 13.4. The largest absolute Gasteiger partial charge is 0.481 e. The highest BCUT2D eigenvalue weighted by Crippen LogP contribution is 2.04. The molecule has 0 unspecified atom stereocenters. The molecule has 0 heterocycles. The molecule has 0 aliphatic heterocycles. The van der Waals surface area contributed by atoms with E-state index < -0.39 is 5.97 Å². The van der Waals surface area contributed by atoms with Crippen LogP contribution < -0.4 is 0 Å². The number of hydrogen-bond donors (Lipinski definition) is 1. The molecule has 0 aliphatic rings. The SMILES string of the molecule is CN(CCCc1ccccc1)C(=O)CCC(=O)O. The van der Waals surface area contributed by atoms with Gasteiger partial charge in [0.05, 0.1) is 6.42 Å². The van der Waals surface area contributed by atoms with Crippen molar-refractivity contribution in [2.24, 2.45) is 0 Å². The number of carboxylic acid groups (broad SMARTS) is 1. The van der Waals surface area contributed by atoms with Gasteiger partial charge in [-0.15, -0.1) is 0 Å². The average molecular weight is 249 g/mol. The van der Waals surface area contributed by atoms with Crippen LogP contribution in [0.15, 0.2) is 30.3 Å². The topological polar surface area (TPSA) is 57.6 Å². The molecular formula is C14H19NO3. The van der Waals surface area contributed by atoms with E-state index in [1.165, 1.54) is 5.56 Å². The van der Waals surface area contributed by atoms with Crippen LogP contribution in [0.3, 0.4) is 0 Å². The van der Waals surface area contributed by atoms with E-state index in [1.54, 1.807) is 11.9 Å². The summed E-state index contributed by atoms with van der Waals surface area (Å²) in [5.74, 6) is -1.04. The van der Waals surface area contributed by atoms with Crippen LogP contribution in [-0.4, -0.2) is 35.5 Å². The fourth-order valence-electron chi connectivity index (χ4n) is 1.69. The van der Waals surface area contributed by atoms with Gasteiger partial charge in [-0.05, 0) is 18.4 Å². The van der Waals surface area contributed by atoms with E-state index in [0.29, 0.717) is 6.54 Å². The van der Waals surface area contributed by atoms with Crippen molar-refractivity contribution in [1.29, 1.82) is 0 Å². The maximum absolute atomic E-state index is 11.6. The third kappa shape index (κ3) is 5.48. The predicted octanol–water partition coefficient (Wildman–Crippen LogP) is 1.94. The molecular weight excluding hydrogens is 230 g/mol. The van der Waals surface area contributed by atoms with Crippen molar-refractivity contribution >= 4 is 11.9 Å². The Labute approximate surface area is 107 Å². The van der Waals surface area contributed by atoms with Gasteiger partial charge >= 0.3 is 5.97 Å². The number of carbonyl (C=O) groups excluding carboxylic acids is 1. The van der Waals surface area contributed by atoms with Crippen molar-refractivity contribution in [2.75, 3.05) is 13.6 Å². The first-order chi connectivity index (χ1) is 8.59. The molecule has 4 heteroatoms. The van der Waals surface area contributed by atoms with E-state index >= 15 is 0 Å². The van der Waals surface area contributed by atoms with Crippen LogP contribution in [0.25, 0.3) is 0 Å². The number of rotatable bonds is 7. The minimum absolute atomic E-state index is 0.0805. The molecule has 0 saturated carbocycles. The van der Waals surface area contributed by atoms with Crippen LogP contribution in [0.4, 0.5) is 0 Å². The molecule has 0 fully saturated rings. The monoisotopic (exact) mass is 249 g/mol. The fraction of sp³-hybridized carbons (Fsp3) is 0.429.